The van der Waals surface area contributed by atoms with Crippen molar-refractivity contribution in [3.8, 4) is 0 Å². The van der Waals surface area contributed by atoms with Gasteiger partial charge in [0.05, 0.1) is 0 Å². The number of hydrogen-bond donors (Lipinski definition) is 0. The molecule has 1 heterocycles. The number of fused-ring (bicyclic) bond motifs is 1. The van der Waals surface area contributed by atoms with E-state index in [2.05, 4.69) is 32.0 Å². The molecular formula is C16H23NO. The van der Waals surface area contributed by atoms with Crippen molar-refractivity contribution < 1.29 is 4.79 Å². The summed E-state index contributed by atoms with van der Waals surface area (Å²) in [6.45, 7) is 9.20. The van der Waals surface area contributed by atoms with E-state index in [1.807, 2.05) is 18.7 Å². The maximum atomic E-state index is 12.3. The first kappa shape index (κ1) is 13.1. The summed E-state index contributed by atoms with van der Waals surface area (Å²) in [7, 11) is 0. The highest BCUT2D eigenvalue weighted by Crippen LogP contribution is 2.31. The van der Waals surface area contributed by atoms with Crippen LogP contribution in [0.5, 0.6) is 0 Å². The Morgan fingerprint density at radius 1 is 1.22 bits per heavy atom. The summed E-state index contributed by atoms with van der Waals surface area (Å²) >= 11 is 0. The smallest absolute Gasteiger partial charge is 0.229 e. The van der Waals surface area contributed by atoms with E-state index in [4.69, 9.17) is 0 Å². The molecule has 98 valence electrons. The topological polar surface area (TPSA) is 20.3 Å². The van der Waals surface area contributed by atoms with E-state index in [-0.39, 0.29) is 11.8 Å². The molecule has 0 radical (unpaired) electrons. The van der Waals surface area contributed by atoms with Crippen LogP contribution in [0, 0.1) is 5.92 Å². The highest BCUT2D eigenvalue weighted by Gasteiger charge is 2.24. The molecule has 2 heteroatoms. The van der Waals surface area contributed by atoms with Crippen molar-refractivity contribution in [1.29, 1.82) is 0 Å². The lowest BCUT2D eigenvalue weighted by Gasteiger charge is -2.31. The van der Waals surface area contributed by atoms with Crippen LogP contribution in [0.3, 0.4) is 0 Å². The first-order chi connectivity index (χ1) is 8.50. The molecule has 1 aliphatic heterocycles. The summed E-state index contributed by atoms with van der Waals surface area (Å²) in [6.07, 6.45) is 2.17. The number of hydrogen-bond acceptors (Lipinski definition) is 1. The summed E-state index contributed by atoms with van der Waals surface area (Å²) in [5, 5.41) is 0. The number of anilines is 1. The molecule has 0 aromatic heterocycles. The summed E-state index contributed by atoms with van der Waals surface area (Å²) < 4.78 is 0. The second-order valence-corrected chi connectivity index (χ2v) is 5.79. The average Bonchev–Trinajstić information content (AvgIpc) is 2.36. The summed E-state index contributed by atoms with van der Waals surface area (Å²) in [6, 6.07) is 6.61. The van der Waals surface area contributed by atoms with E-state index in [9.17, 15) is 4.79 Å². The normalized spacial score (nSPS) is 15.1. The zero-order chi connectivity index (χ0) is 13.3. The number of aryl methyl sites for hydroxylation is 1. The van der Waals surface area contributed by atoms with E-state index < -0.39 is 0 Å². The van der Waals surface area contributed by atoms with E-state index >= 15 is 0 Å². The van der Waals surface area contributed by atoms with Crippen LogP contribution < -0.4 is 4.90 Å². The Balaban J connectivity index is 2.40. The molecule has 0 N–H and O–H groups in total. The van der Waals surface area contributed by atoms with Gasteiger partial charge in [-0.05, 0) is 36.0 Å². The molecule has 0 atom stereocenters. The highest BCUT2D eigenvalue weighted by atomic mass is 16.2. The Labute approximate surface area is 110 Å². The fraction of sp³-hybridized carbons (Fsp3) is 0.562. The number of rotatable bonds is 2. The summed E-state index contributed by atoms with van der Waals surface area (Å²) in [5.41, 5.74) is 3.78. The molecule has 0 unspecified atom stereocenters. The van der Waals surface area contributed by atoms with Crippen LogP contribution in [-0.4, -0.2) is 12.5 Å². The Bertz CT molecular complexity index is 448. The lowest BCUT2D eigenvalue weighted by Crippen LogP contribution is -2.38. The lowest BCUT2D eigenvalue weighted by atomic mass is 9.94. The van der Waals surface area contributed by atoms with Crippen molar-refractivity contribution in [2.45, 2.75) is 46.5 Å². The molecule has 1 aromatic carbocycles. The molecule has 0 bridgehead atoms. The quantitative estimate of drug-likeness (QED) is 0.777. The number of benzene rings is 1. The Kier molecular flexibility index (Phi) is 3.74. The molecule has 1 aromatic rings. The van der Waals surface area contributed by atoms with Gasteiger partial charge in [-0.2, -0.15) is 0 Å². The lowest BCUT2D eigenvalue weighted by molar-refractivity contribution is -0.121. The van der Waals surface area contributed by atoms with Gasteiger partial charge in [-0.25, -0.2) is 0 Å². The molecule has 2 rings (SSSR count). The van der Waals surface area contributed by atoms with Gasteiger partial charge in [-0.15, -0.1) is 0 Å². The van der Waals surface area contributed by atoms with Crippen molar-refractivity contribution in [3.05, 3.63) is 29.3 Å². The molecule has 0 saturated heterocycles. The Hall–Kier alpha value is -1.31. The summed E-state index contributed by atoms with van der Waals surface area (Å²) in [4.78, 5) is 14.2. The predicted molar refractivity (Wildman–Crippen MR) is 76.0 cm³/mol. The Morgan fingerprint density at radius 2 is 1.94 bits per heavy atom. The maximum absolute atomic E-state index is 12.3. The molecule has 0 saturated carbocycles. The first-order valence-corrected chi connectivity index (χ1v) is 6.95. The molecule has 2 nitrogen and oxygen atoms in total. The molecule has 0 fully saturated rings. The zero-order valence-corrected chi connectivity index (χ0v) is 11.9. The SMILES string of the molecule is CC(C)C(=O)N1CCCc2ccc(C(C)C)cc21. The van der Waals surface area contributed by atoms with Crippen LogP contribution >= 0.6 is 0 Å². The number of nitrogens with zero attached hydrogens (tertiary/aromatic N) is 1. The fourth-order valence-corrected chi connectivity index (χ4v) is 2.49. The predicted octanol–water partition coefficient (Wildman–Crippen LogP) is 3.75. The van der Waals surface area contributed by atoms with Gasteiger partial charge in [-0.1, -0.05) is 39.8 Å². The molecule has 0 spiro atoms. The van der Waals surface area contributed by atoms with Crippen LogP contribution in [0.1, 0.15) is 51.2 Å². The van der Waals surface area contributed by atoms with Gasteiger partial charge in [0.15, 0.2) is 0 Å². The van der Waals surface area contributed by atoms with Crippen molar-refractivity contribution in [2.24, 2.45) is 5.92 Å². The van der Waals surface area contributed by atoms with E-state index in [1.54, 1.807) is 0 Å². The highest BCUT2D eigenvalue weighted by molar-refractivity contribution is 5.95. The molecule has 1 aliphatic rings. The molecular weight excluding hydrogens is 222 g/mol. The van der Waals surface area contributed by atoms with Crippen LogP contribution in [0.15, 0.2) is 18.2 Å². The summed E-state index contributed by atoms with van der Waals surface area (Å²) in [5.74, 6) is 0.823. The molecule has 1 amide bonds. The zero-order valence-electron chi connectivity index (χ0n) is 11.9. The van der Waals surface area contributed by atoms with Gasteiger partial charge in [0, 0.05) is 18.2 Å². The third-order valence-corrected chi connectivity index (χ3v) is 3.65. The van der Waals surface area contributed by atoms with Crippen LogP contribution in [0.2, 0.25) is 0 Å². The van der Waals surface area contributed by atoms with Gasteiger partial charge in [0.1, 0.15) is 0 Å². The van der Waals surface area contributed by atoms with Gasteiger partial charge in [0.25, 0.3) is 0 Å². The van der Waals surface area contributed by atoms with Crippen LogP contribution in [0.4, 0.5) is 5.69 Å². The standard InChI is InChI=1S/C16H23NO/c1-11(2)14-8-7-13-6-5-9-17(15(13)10-14)16(18)12(3)4/h7-8,10-12H,5-6,9H2,1-4H3. The van der Waals surface area contributed by atoms with Gasteiger partial charge in [0.2, 0.25) is 5.91 Å². The van der Waals surface area contributed by atoms with Gasteiger partial charge >= 0.3 is 0 Å². The third kappa shape index (κ3) is 2.43. The minimum atomic E-state index is 0.0682. The molecule has 0 aliphatic carbocycles. The first-order valence-electron chi connectivity index (χ1n) is 6.95. The Morgan fingerprint density at radius 3 is 2.56 bits per heavy atom. The third-order valence-electron chi connectivity index (χ3n) is 3.65. The number of amides is 1. The second kappa shape index (κ2) is 5.13. The minimum Gasteiger partial charge on any atom is -0.312 e. The van der Waals surface area contributed by atoms with Crippen molar-refractivity contribution in [1.82, 2.24) is 0 Å². The van der Waals surface area contributed by atoms with Crippen LogP contribution in [0.25, 0.3) is 0 Å². The number of carbonyl (C=O) groups is 1. The average molecular weight is 245 g/mol. The van der Waals surface area contributed by atoms with Crippen LogP contribution in [-0.2, 0) is 11.2 Å². The van der Waals surface area contributed by atoms with E-state index in [0.717, 1.165) is 25.1 Å². The fourth-order valence-electron chi connectivity index (χ4n) is 2.49. The van der Waals surface area contributed by atoms with Crippen molar-refractivity contribution in [2.75, 3.05) is 11.4 Å². The second-order valence-electron chi connectivity index (χ2n) is 5.79. The minimum absolute atomic E-state index is 0.0682. The van der Waals surface area contributed by atoms with Gasteiger partial charge in [-0.3, -0.25) is 4.79 Å². The largest absolute Gasteiger partial charge is 0.312 e. The van der Waals surface area contributed by atoms with E-state index in [1.165, 1.54) is 11.1 Å². The maximum Gasteiger partial charge on any atom is 0.229 e. The number of carbonyl (C=O) groups excluding carboxylic acids is 1. The van der Waals surface area contributed by atoms with Crippen molar-refractivity contribution in [3.63, 3.8) is 0 Å². The monoisotopic (exact) mass is 245 g/mol. The molecule has 18 heavy (non-hydrogen) atoms. The van der Waals surface area contributed by atoms with Gasteiger partial charge < -0.3 is 4.90 Å². The van der Waals surface area contributed by atoms with Crippen molar-refractivity contribution >= 4 is 11.6 Å². The van der Waals surface area contributed by atoms with E-state index in [0.29, 0.717) is 5.92 Å².